The molecule has 0 aliphatic carbocycles. The molecule has 0 saturated carbocycles. The van der Waals surface area contributed by atoms with Crippen molar-refractivity contribution in [3.8, 4) is 0 Å². The second-order valence-corrected chi connectivity index (χ2v) is 6.06. The standard InChI is InChI=1S/C16H22N4OS/c1-2-3-4-5-10-17-15(21)14-8-6-13(7-9-14)11-22-16-18-12-19-20-16/h6-9,12H,2-5,10-11H2,1H3,(H,17,21)(H,18,19,20). The Morgan fingerprint density at radius 2 is 2.05 bits per heavy atom. The zero-order valence-corrected chi connectivity index (χ0v) is 13.7. The van der Waals surface area contributed by atoms with E-state index in [4.69, 9.17) is 0 Å². The fraction of sp³-hybridized carbons (Fsp3) is 0.438. The number of carbonyl (C=O) groups excluding carboxylic acids is 1. The van der Waals surface area contributed by atoms with E-state index in [1.807, 2.05) is 24.3 Å². The predicted molar refractivity (Wildman–Crippen MR) is 88.9 cm³/mol. The lowest BCUT2D eigenvalue weighted by Crippen LogP contribution is -2.24. The van der Waals surface area contributed by atoms with Crippen LogP contribution in [0, 0.1) is 0 Å². The zero-order valence-electron chi connectivity index (χ0n) is 12.8. The van der Waals surface area contributed by atoms with Crippen LogP contribution in [0.3, 0.4) is 0 Å². The van der Waals surface area contributed by atoms with Crippen molar-refractivity contribution in [2.45, 2.75) is 43.5 Å². The summed E-state index contributed by atoms with van der Waals surface area (Å²) in [7, 11) is 0. The van der Waals surface area contributed by atoms with Gasteiger partial charge in [-0.3, -0.25) is 9.89 Å². The van der Waals surface area contributed by atoms with E-state index in [2.05, 4.69) is 27.4 Å². The second kappa shape index (κ2) is 9.25. The van der Waals surface area contributed by atoms with Gasteiger partial charge < -0.3 is 5.32 Å². The van der Waals surface area contributed by atoms with Crippen molar-refractivity contribution >= 4 is 17.7 Å². The molecule has 2 aromatic rings. The Labute approximate surface area is 135 Å². The van der Waals surface area contributed by atoms with Crippen LogP contribution in [0.15, 0.2) is 35.7 Å². The van der Waals surface area contributed by atoms with Crippen molar-refractivity contribution < 1.29 is 4.79 Å². The molecule has 5 nitrogen and oxygen atoms in total. The summed E-state index contributed by atoms with van der Waals surface area (Å²) in [5.41, 5.74) is 1.87. The Balaban J connectivity index is 1.74. The van der Waals surface area contributed by atoms with E-state index in [-0.39, 0.29) is 5.91 Å². The summed E-state index contributed by atoms with van der Waals surface area (Å²) < 4.78 is 0. The number of hydrogen-bond acceptors (Lipinski definition) is 4. The molecule has 0 aliphatic heterocycles. The summed E-state index contributed by atoms with van der Waals surface area (Å²) in [6, 6.07) is 7.71. The highest BCUT2D eigenvalue weighted by molar-refractivity contribution is 7.98. The van der Waals surface area contributed by atoms with Gasteiger partial charge >= 0.3 is 0 Å². The van der Waals surface area contributed by atoms with Crippen LogP contribution in [0.1, 0.15) is 48.5 Å². The number of aromatic amines is 1. The van der Waals surface area contributed by atoms with Gasteiger partial charge in [0.05, 0.1) is 0 Å². The molecule has 0 unspecified atom stereocenters. The summed E-state index contributed by atoms with van der Waals surface area (Å²) in [4.78, 5) is 16.1. The number of nitrogens with zero attached hydrogens (tertiary/aromatic N) is 2. The van der Waals surface area contributed by atoms with E-state index < -0.39 is 0 Å². The first kappa shape index (κ1) is 16.5. The maximum absolute atomic E-state index is 12.0. The molecule has 0 fully saturated rings. The summed E-state index contributed by atoms with van der Waals surface area (Å²) in [6.45, 7) is 2.93. The molecule has 0 saturated heterocycles. The van der Waals surface area contributed by atoms with Gasteiger partial charge in [0.15, 0.2) is 5.16 Å². The number of H-pyrrole nitrogens is 1. The Morgan fingerprint density at radius 3 is 2.73 bits per heavy atom. The van der Waals surface area contributed by atoms with Gasteiger partial charge in [-0.05, 0) is 24.1 Å². The van der Waals surface area contributed by atoms with Gasteiger partial charge in [0.25, 0.3) is 5.91 Å². The van der Waals surface area contributed by atoms with Gasteiger partial charge in [-0.15, -0.1) is 0 Å². The van der Waals surface area contributed by atoms with Crippen LogP contribution in [0.25, 0.3) is 0 Å². The van der Waals surface area contributed by atoms with E-state index in [0.29, 0.717) is 5.56 Å². The van der Waals surface area contributed by atoms with Crippen molar-refractivity contribution in [3.63, 3.8) is 0 Å². The number of rotatable bonds is 9. The average Bonchev–Trinajstić information content (AvgIpc) is 3.06. The molecular weight excluding hydrogens is 296 g/mol. The van der Waals surface area contributed by atoms with Crippen molar-refractivity contribution in [1.29, 1.82) is 0 Å². The average molecular weight is 318 g/mol. The molecule has 1 aromatic carbocycles. The lowest BCUT2D eigenvalue weighted by molar-refractivity contribution is 0.0953. The maximum Gasteiger partial charge on any atom is 0.251 e. The predicted octanol–water partition coefficient (Wildman–Crippen LogP) is 3.41. The summed E-state index contributed by atoms with van der Waals surface area (Å²) >= 11 is 1.59. The first-order valence-corrected chi connectivity index (χ1v) is 8.63. The molecule has 2 rings (SSSR count). The topological polar surface area (TPSA) is 70.7 Å². The molecule has 22 heavy (non-hydrogen) atoms. The Kier molecular flexibility index (Phi) is 6.96. The van der Waals surface area contributed by atoms with Gasteiger partial charge in [0, 0.05) is 17.9 Å². The highest BCUT2D eigenvalue weighted by Crippen LogP contribution is 2.18. The van der Waals surface area contributed by atoms with Gasteiger partial charge in [0.2, 0.25) is 0 Å². The van der Waals surface area contributed by atoms with Crippen LogP contribution >= 0.6 is 11.8 Å². The number of benzene rings is 1. The second-order valence-electron chi connectivity index (χ2n) is 5.09. The molecular formula is C16H22N4OS. The van der Waals surface area contributed by atoms with Gasteiger partial charge in [-0.25, -0.2) is 4.98 Å². The molecule has 0 spiro atoms. The minimum absolute atomic E-state index is 0.00550. The third kappa shape index (κ3) is 5.52. The Bertz CT molecular complexity index is 554. The minimum Gasteiger partial charge on any atom is -0.352 e. The monoisotopic (exact) mass is 318 g/mol. The van der Waals surface area contributed by atoms with E-state index in [9.17, 15) is 4.79 Å². The lowest BCUT2D eigenvalue weighted by atomic mass is 10.1. The Morgan fingerprint density at radius 1 is 1.23 bits per heavy atom. The van der Waals surface area contributed by atoms with Crippen LogP contribution in [-0.4, -0.2) is 27.6 Å². The number of carbonyl (C=O) groups is 1. The Hall–Kier alpha value is -1.82. The summed E-state index contributed by atoms with van der Waals surface area (Å²) in [5, 5.41) is 10.4. The molecule has 1 aromatic heterocycles. The molecule has 0 aliphatic rings. The van der Waals surface area contributed by atoms with Crippen LogP contribution in [0.4, 0.5) is 0 Å². The number of thioether (sulfide) groups is 1. The number of hydrogen-bond donors (Lipinski definition) is 2. The van der Waals surface area contributed by atoms with Crippen molar-refractivity contribution in [3.05, 3.63) is 41.7 Å². The van der Waals surface area contributed by atoms with E-state index in [0.717, 1.165) is 29.4 Å². The quantitative estimate of drug-likeness (QED) is 0.549. The third-order valence-corrected chi connectivity index (χ3v) is 4.25. The van der Waals surface area contributed by atoms with Gasteiger partial charge in [-0.2, -0.15) is 5.10 Å². The smallest absolute Gasteiger partial charge is 0.251 e. The van der Waals surface area contributed by atoms with Gasteiger partial charge in [0.1, 0.15) is 6.33 Å². The maximum atomic E-state index is 12.0. The van der Waals surface area contributed by atoms with Crippen LogP contribution in [0.5, 0.6) is 0 Å². The van der Waals surface area contributed by atoms with Gasteiger partial charge in [-0.1, -0.05) is 50.1 Å². The highest BCUT2D eigenvalue weighted by atomic mass is 32.2. The van der Waals surface area contributed by atoms with Crippen LogP contribution in [0.2, 0.25) is 0 Å². The first-order chi connectivity index (χ1) is 10.8. The number of nitrogens with one attached hydrogen (secondary N) is 2. The zero-order chi connectivity index (χ0) is 15.6. The normalized spacial score (nSPS) is 10.6. The molecule has 118 valence electrons. The molecule has 0 atom stereocenters. The van der Waals surface area contributed by atoms with E-state index in [1.165, 1.54) is 25.6 Å². The number of aromatic nitrogens is 3. The SMILES string of the molecule is CCCCCCNC(=O)c1ccc(CSc2ncn[nH]2)cc1. The lowest BCUT2D eigenvalue weighted by Gasteiger charge is -2.06. The molecule has 0 bridgehead atoms. The van der Waals surface area contributed by atoms with Crippen LogP contribution < -0.4 is 5.32 Å². The molecule has 0 radical (unpaired) electrons. The minimum atomic E-state index is 0.00550. The summed E-state index contributed by atoms with van der Waals surface area (Å²) in [5.74, 6) is 0.805. The van der Waals surface area contributed by atoms with Crippen LogP contribution in [-0.2, 0) is 5.75 Å². The van der Waals surface area contributed by atoms with Crippen molar-refractivity contribution in [2.75, 3.05) is 6.54 Å². The van der Waals surface area contributed by atoms with Crippen molar-refractivity contribution in [1.82, 2.24) is 20.5 Å². The third-order valence-electron chi connectivity index (χ3n) is 3.30. The van der Waals surface area contributed by atoms with E-state index >= 15 is 0 Å². The largest absolute Gasteiger partial charge is 0.352 e. The molecule has 2 N–H and O–H groups in total. The van der Waals surface area contributed by atoms with Crippen molar-refractivity contribution in [2.24, 2.45) is 0 Å². The summed E-state index contributed by atoms with van der Waals surface area (Å²) in [6.07, 6.45) is 6.16. The number of unbranched alkanes of at least 4 members (excludes halogenated alkanes) is 3. The fourth-order valence-corrected chi connectivity index (χ4v) is 2.76. The highest BCUT2D eigenvalue weighted by Gasteiger charge is 2.05. The number of amides is 1. The molecule has 6 heteroatoms. The fourth-order valence-electron chi connectivity index (χ4n) is 2.02. The van der Waals surface area contributed by atoms with E-state index in [1.54, 1.807) is 11.8 Å². The molecule has 1 heterocycles. The molecule has 1 amide bonds. The first-order valence-electron chi connectivity index (χ1n) is 7.65.